The molecule has 0 saturated carbocycles. The minimum absolute atomic E-state index is 0.567. The van der Waals surface area contributed by atoms with Crippen LogP contribution in [-0.4, -0.2) is 29.3 Å². The van der Waals surface area contributed by atoms with E-state index in [4.69, 9.17) is 31.8 Å². The first-order valence-electron chi connectivity index (χ1n) is 8.48. The number of rotatable bonds is 5. The molecule has 0 fully saturated rings. The molecule has 0 bridgehead atoms. The summed E-state index contributed by atoms with van der Waals surface area (Å²) < 4.78 is 13.6. The van der Waals surface area contributed by atoms with Crippen LogP contribution < -0.4 is 15.2 Å². The average molecular weight is 358 g/mol. The van der Waals surface area contributed by atoms with Crippen molar-refractivity contribution in [2.24, 2.45) is 5.73 Å². The molecule has 6 heteroatoms. The Balaban J connectivity index is 1.82. The minimum atomic E-state index is 0.567. The number of ether oxygens (including phenoxy) is 2. The van der Waals surface area contributed by atoms with E-state index in [9.17, 15) is 0 Å². The molecule has 2 N–H and O–H groups in total. The number of fused-ring (bicyclic) bond motifs is 2. The number of hydrogen-bond acceptors (Lipinski definition) is 4. The summed E-state index contributed by atoms with van der Waals surface area (Å²) in [5.41, 5.74) is 8.69. The van der Waals surface area contributed by atoms with Crippen molar-refractivity contribution in [1.29, 1.82) is 0 Å². The summed E-state index contributed by atoms with van der Waals surface area (Å²) in [6.07, 6.45) is 1.71. The monoisotopic (exact) mass is 357 g/mol. The van der Waals surface area contributed by atoms with Crippen molar-refractivity contribution >= 4 is 22.6 Å². The fourth-order valence-electron chi connectivity index (χ4n) is 3.14. The second-order valence-electron chi connectivity index (χ2n) is 6.08. The summed E-state index contributed by atoms with van der Waals surface area (Å²) in [7, 11) is 0. The fourth-order valence-corrected chi connectivity index (χ4v) is 3.33. The summed E-state index contributed by atoms with van der Waals surface area (Å²) in [5, 5.41) is 0.756. The first-order chi connectivity index (χ1) is 12.3. The molecule has 5 nitrogen and oxygen atoms in total. The molecule has 0 aliphatic carbocycles. The fraction of sp³-hybridized carbons (Fsp3) is 0.316. The van der Waals surface area contributed by atoms with Crippen molar-refractivity contribution in [2.75, 3.05) is 19.8 Å². The zero-order chi connectivity index (χ0) is 17.2. The number of benzene rings is 2. The highest BCUT2D eigenvalue weighted by Gasteiger charge is 2.18. The number of halogens is 1. The Morgan fingerprint density at radius 1 is 1.12 bits per heavy atom. The molecule has 1 aliphatic heterocycles. The van der Waals surface area contributed by atoms with E-state index in [2.05, 4.69) is 4.57 Å². The van der Waals surface area contributed by atoms with Crippen molar-refractivity contribution in [1.82, 2.24) is 9.55 Å². The minimum Gasteiger partial charge on any atom is -0.486 e. The van der Waals surface area contributed by atoms with E-state index in [1.807, 2.05) is 36.4 Å². The largest absolute Gasteiger partial charge is 0.486 e. The second kappa shape index (κ2) is 6.94. The number of nitrogens with zero attached hydrogens (tertiary/aromatic N) is 2. The van der Waals surface area contributed by atoms with E-state index >= 15 is 0 Å². The van der Waals surface area contributed by atoms with E-state index in [-0.39, 0.29) is 0 Å². The first-order valence-corrected chi connectivity index (χ1v) is 8.86. The van der Waals surface area contributed by atoms with Crippen LogP contribution in [-0.2, 0) is 13.0 Å². The molecule has 0 saturated heterocycles. The van der Waals surface area contributed by atoms with Crippen LogP contribution in [0.25, 0.3) is 11.0 Å². The van der Waals surface area contributed by atoms with Crippen LogP contribution in [0.4, 0.5) is 0 Å². The van der Waals surface area contributed by atoms with Crippen LogP contribution >= 0.6 is 11.6 Å². The van der Waals surface area contributed by atoms with Gasteiger partial charge in [0.25, 0.3) is 0 Å². The maximum absolute atomic E-state index is 6.37. The van der Waals surface area contributed by atoms with Crippen LogP contribution in [0.15, 0.2) is 36.4 Å². The Morgan fingerprint density at radius 3 is 2.64 bits per heavy atom. The molecular formula is C19H20ClN3O2. The highest BCUT2D eigenvalue weighted by atomic mass is 35.5. The highest BCUT2D eigenvalue weighted by Crippen LogP contribution is 2.35. The summed E-state index contributed by atoms with van der Waals surface area (Å²) >= 11 is 6.37. The molecule has 0 atom stereocenters. The molecule has 0 amide bonds. The Labute approximate surface area is 151 Å². The van der Waals surface area contributed by atoms with Crippen molar-refractivity contribution in [2.45, 2.75) is 19.4 Å². The molecule has 4 rings (SSSR count). The molecule has 0 unspecified atom stereocenters. The number of nitrogens with two attached hydrogens (primary N) is 1. The Morgan fingerprint density at radius 2 is 1.88 bits per heavy atom. The van der Waals surface area contributed by atoms with Gasteiger partial charge in [0.15, 0.2) is 11.5 Å². The normalized spacial score (nSPS) is 13.4. The molecule has 0 spiro atoms. The maximum atomic E-state index is 6.37. The summed E-state index contributed by atoms with van der Waals surface area (Å²) in [5.74, 6) is 2.53. The molecule has 1 aromatic heterocycles. The number of aromatic nitrogens is 2. The second-order valence-corrected chi connectivity index (χ2v) is 6.49. The maximum Gasteiger partial charge on any atom is 0.163 e. The molecule has 2 aromatic carbocycles. The molecule has 3 aromatic rings. The van der Waals surface area contributed by atoms with E-state index in [1.54, 1.807) is 0 Å². The average Bonchev–Trinajstić information content (AvgIpc) is 2.96. The standard InChI is InChI=1S/C19H20ClN3O2/c20-14-5-2-1-4-13(14)12-23-16-11-18-17(24-8-9-25-18)10-15(16)22-19(23)6-3-7-21/h1-2,4-5,10-11H,3,6-9,12,21H2. The summed E-state index contributed by atoms with van der Waals surface area (Å²) in [6, 6.07) is 11.9. The SMILES string of the molecule is NCCCc1nc2cc3c(cc2n1Cc1ccccc1Cl)OCCO3. The predicted molar refractivity (Wildman–Crippen MR) is 98.7 cm³/mol. The Bertz CT molecular complexity index is 907. The third-order valence-electron chi connectivity index (χ3n) is 4.38. The Hall–Kier alpha value is -2.24. The van der Waals surface area contributed by atoms with Gasteiger partial charge in [0.05, 0.1) is 17.6 Å². The predicted octanol–water partition coefficient (Wildman–Crippen LogP) is 3.40. The lowest BCUT2D eigenvalue weighted by atomic mass is 10.2. The van der Waals surface area contributed by atoms with Gasteiger partial charge in [0, 0.05) is 23.6 Å². The van der Waals surface area contributed by atoms with Gasteiger partial charge in [-0.15, -0.1) is 0 Å². The van der Waals surface area contributed by atoms with E-state index < -0.39 is 0 Å². The van der Waals surface area contributed by atoms with Crippen LogP contribution in [0.5, 0.6) is 11.5 Å². The molecular weight excluding hydrogens is 338 g/mol. The molecule has 1 aliphatic rings. The van der Waals surface area contributed by atoms with Crippen LogP contribution in [0.3, 0.4) is 0 Å². The topological polar surface area (TPSA) is 62.3 Å². The van der Waals surface area contributed by atoms with Gasteiger partial charge in [-0.05, 0) is 24.6 Å². The number of hydrogen-bond donors (Lipinski definition) is 1. The van der Waals surface area contributed by atoms with Gasteiger partial charge < -0.3 is 19.8 Å². The lowest BCUT2D eigenvalue weighted by molar-refractivity contribution is 0.172. The van der Waals surface area contributed by atoms with Gasteiger partial charge in [-0.25, -0.2) is 4.98 Å². The van der Waals surface area contributed by atoms with Crippen molar-refractivity contribution in [3.8, 4) is 11.5 Å². The van der Waals surface area contributed by atoms with Gasteiger partial charge in [0.2, 0.25) is 0 Å². The zero-order valence-corrected chi connectivity index (χ0v) is 14.6. The van der Waals surface area contributed by atoms with Gasteiger partial charge in [0.1, 0.15) is 19.0 Å². The third kappa shape index (κ3) is 3.17. The zero-order valence-electron chi connectivity index (χ0n) is 13.9. The third-order valence-corrected chi connectivity index (χ3v) is 4.75. The molecule has 0 radical (unpaired) electrons. The van der Waals surface area contributed by atoms with Crippen molar-refractivity contribution in [3.05, 3.63) is 52.8 Å². The lowest BCUT2D eigenvalue weighted by Gasteiger charge is -2.18. The molecule has 2 heterocycles. The quantitative estimate of drug-likeness (QED) is 0.760. The van der Waals surface area contributed by atoms with E-state index in [0.717, 1.165) is 51.8 Å². The summed E-state index contributed by atoms with van der Waals surface area (Å²) in [4.78, 5) is 4.81. The van der Waals surface area contributed by atoms with Crippen molar-refractivity contribution in [3.63, 3.8) is 0 Å². The van der Waals surface area contributed by atoms with E-state index in [1.165, 1.54) is 0 Å². The van der Waals surface area contributed by atoms with Crippen LogP contribution in [0, 0.1) is 0 Å². The lowest BCUT2D eigenvalue weighted by Crippen LogP contribution is -2.15. The van der Waals surface area contributed by atoms with Crippen LogP contribution in [0.2, 0.25) is 5.02 Å². The molecule has 25 heavy (non-hydrogen) atoms. The smallest absolute Gasteiger partial charge is 0.163 e. The van der Waals surface area contributed by atoms with Crippen molar-refractivity contribution < 1.29 is 9.47 Å². The van der Waals surface area contributed by atoms with E-state index in [0.29, 0.717) is 26.3 Å². The highest BCUT2D eigenvalue weighted by molar-refractivity contribution is 6.31. The van der Waals surface area contributed by atoms with Gasteiger partial charge in [-0.3, -0.25) is 0 Å². The van der Waals surface area contributed by atoms with Crippen LogP contribution in [0.1, 0.15) is 17.8 Å². The van der Waals surface area contributed by atoms with Gasteiger partial charge in [-0.2, -0.15) is 0 Å². The molecule has 130 valence electrons. The van der Waals surface area contributed by atoms with Gasteiger partial charge in [-0.1, -0.05) is 29.8 Å². The van der Waals surface area contributed by atoms with Gasteiger partial charge >= 0.3 is 0 Å². The number of aryl methyl sites for hydroxylation is 1. The Kier molecular flexibility index (Phi) is 4.51. The number of imidazole rings is 1. The summed E-state index contributed by atoms with van der Waals surface area (Å²) in [6.45, 7) is 2.43. The first kappa shape index (κ1) is 16.2.